The first-order chi connectivity index (χ1) is 57.3. The van der Waals surface area contributed by atoms with Crippen LogP contribution in [0.3, 0.4) is 0 Å². The van der Waals surface area contributed by atoms with Crippen molar-refractivity contribution < 1.29 is 42.5 Å². The van der Waals surface area contributed by atoms with Crippen LogP contribution in [-0.2, 0) is 18.9 Å². The Morgan fingerprint density at radius 2 is 0.773 bits per heavy atom. The van der Waals surface area contributed by atoms with E-state index < -0.39 is 16.8 Å². The second kappa shape index (κ2) is 37.4. The van der Waals surface area contributed by atoms with Crippen molar-refractivity contribution in [3.8, 4) is 39.1 Å². The summed E-state index contributed by atoms with van der Waals surface area (Å²) in [6.45, 7) is 29.8. The Kier molecular flexibility index (Phi) is 26.1. The summed E-state index contributed by atoms with van der Waals surface area (Å²) in [5.74, 6) is 1.77. The lowest BCUT2D eigenvalue weighted by molar-refractivity contribution is 0.0230. The summed E-state index contributed by atoms with van der Waals surface area (Å²) in [4.78, 5) is 79.4. The van der Waals surface area contributed by atoms with Crippen molar-refractivity contribution in [3.05, 3.63) is 230 Å². The lowest BCUT2D eigenvalue weighted by Crippen LogP contribution is -2.50. The Morgan fingerprint density at radius 1 is 0.403 bits per heavy atom. The highest BCUT2D eigenvalue weighted by Gasteiger charge is 2.30. The van der Waals surface area contributed by atoms with Gasteiger partial charge in [0.15, 0.2) is 0 Å². The quantitative estimate of drug-likeness (QED) is 0.0763. The van der Waals surface area contributed by atoms with Gasteiger partial charge in [0.05, 0.1) is 29.8 Å². The number of halogens is 2. The van der Waals surface area contributed by atoms with Crippen molar-refractivity contribution in [2.45, 2.75) is 79.1 Å². The molecule has 26 heteroatoms. The fourth-order valence-corrected chi connectivity index (χ4v) is 14.5. The molecule has 0 saturated carbocycles. The van der Waals surface area contributed by atoms with Crippen molar-refractivity contribution in [1.82, 2.24) is 49.5 Å². The molecule has 0 bridgehead atoms. The Hall–Kier alpha value is -12.5. The van der Waals surface area contributed by atoms with E-state index in [1.165, 1.54) is 6.07 Å². The highest BCUT2D eigenvalue weighted by molar-refractivity contribution is 6.31. The molecule has 7 heterocycles. The van der Waals surface area contributed by atoms with Crippen LogP contribution in [0.15, 0.2) is 219 Å². The third-order valence-electron chi connectivity index (χ3n) is 20.3. The zero-order chi connectivity index (χ0) is 83.2. The molecule has 4 saturated heterocycles. The maximum absolute atomic E-state index is 15.2. The molecule has 3 amide bonds. The molecule has 0 spiro atoms. The molecule has 616 valence electrons. The van der Waals surface area contributed by atoms with Crippen LogP contribution in [0.5, 0.6) is 5.75 Å². The number of fused-ring (bicyclic) bond motifs is 3. The molecule has 0 unspecified atom stereocenters. The van der Waals surface area contributed by atoms with Crippen LogP contribution in [0.25, 0.3) is 66.1 Å². The summed E-state index contributed by atoms with van der Waals surface area (Å²) in [6.07, 6.45) is 4.67. The third-order valence-corrected chi connectivity index (χ3v) is 20.6. The van der Waals surface area contributed by atoms with E-state index in [1.807, 2.05) is 214 Å². The summed E-state index contributed by atoms with van der Waals surface area (Å²) in [6, 6.07) is 65.2. The second-order valence-corrected chi connectivity index (χ2v) is 32.9. The van der Waals surface area contributed by atoms with Gasteiger partial charge in [-0.1, -0.05) is 109 Å². The number of nitrogens with one attached hydrogen (secondary N) is 3. The number of ether oxygens (including phenoxy) is 5. The zero-order valence-electron chi connectivity index (χ0n) is 68.8. The lowest BCUT2D eigenvalue weighted by atomic mass is 10.0. The van der Waals surface area contributed by atoms with Gasteiger partial charge in [0.25, 0.3) is 0 Å². The van der Waals surface area contributed by atoms with Crippen molar-refractivity contribution in [3.63, 3.8) is 0 Å². The van der Waals surface area contributed by atoms with E-state index in [2.05, 4.69) is 93.0 Å². The number of anilines is 9. The molecule has 119 heavy (non-hydrogen) atoms. The molecule has 0 radical (unpaired) electrons. The normalized spacial score (nSPS) is 14.8. The number of rotatable bonds is 16. The molecule has 0 aliphatic carbocycles. The van der Waals surface area contributed by atoms with Crippen LogP contribution in [0.1, 0.15) is 62.3 Å². The fraction of sp³-hybridized carbons (Fsp3) is 0.323. The summed E-state index contributed by atoms with van der Waals surface area (Å²) < 4.78 is 43.1. The number of para-hydroxylation sites is 3. The predicted octanol–water partition coefficient (Wildman–Crippen LogP) is 18.8. The monoisotopic (exact) mass is 1620 g/mol. The van der Waals surface area contributed by atoms with Gasteiger partial charge in [-0.15, -0.1) is 0 Å². The average molecular weight is 1630 g/mol. The predicted molar refractivity (Wildman–Crippen MR) is 472 cm³/mol. The SMILES string of the molecule is CC(C)(C)OC(=O)N1CCN(c2ccc(Nc3ncc4cccc(-c5cc(OCCN6CCOCC6)ccc5F)c4n3)cc2)CC1.CC(C)(C)OC(=O)N1CCN(c2ccc(Nc3ncc4cccc(-c5cccc(Cl)c5)c4n3)cc2)CC1.CC(C)(C)OC(=O)N1CCN(c2ccc(Nc3ncc4cccc(-c5ccccc5)c4n3)cc2)CC1. The molecular formula is C93H102ClFN16O8. The van der Waals surface area contributed by atoms with E-state index in [9.17, 15) is 14.4 Å². The van der Waals surface area contributed by atoms with Crippen LogP contribution in [0.2, 0.25) is 5.02 Å². The Labute approximate surface area is 699 Å². The van der Waals surface area contributed by atoms with E-state index in [-0.39, 0.29) is 24.1 Å². The van der Waals surface area contributed by atoms with Gasteiger partial charge in [-0.05, 0) is 177 Å². The number of piperazine rings is 3. The van der Waals surface area contributed by atoms with Crippen LogP contribution in [-0.4, -0.2) is 203 Å². The van der Waals surface area contributed by atoms with Crippen LogP contribution in [0.4, 0.5) is 70.7 Å². The number of hydrogen-bond donors (Lipinski definition) is 3. The zero-order valence-corrected chi connectivity index (χ0v) is 69.6. The summed E-state index contributed by atoms with van der Waals surface area (Å²) in [7, 11) is 0. The molecule has 4 aliphatic heterocycles. The molecule has 24 nitrogen and oxygen atoms in total. The number of benzene rings is 9. The van der Waals surface area contributed by atoms with Crippen LogP contribution < -0.4 is 35.4 Å². The van der Waals surface area contributed by atoms with Crippen LogP contribution >= 0.6 is 11.6 Å². The molecule has 4 aliphatic rings. The highest BCUT2D eigenvalue weighted by atomic mass is 35.5. The largest absolute Gasteiger partial charge is 0.492 e. The summed E-state index contributed by atoms with van der Waals surface area (Å²) >= 11 is 6.23. The molecule has 16 rings (SSSR count). The van der Waals surface area contributed by atoms with Crippen molar-refractivity contribution in [2.75, 3.05) is 149 Å². The van der Waals surface area contributed by atoms with Gasteiger partial charge in [-0.25, -0.2) is 48.7 Å². The fourth-order valence-electron chi connectivity index (χ4n) is 14.3. The van der Waals surface area contributed by atoms with Gasteiger partial charge in [0.2, 0.25) is 17.8 Å². The first-order valence-corrected chi connectivity index (χ1v) is 40.8. The minimum atomic E-state index is -0.507. The molecule has 0 atom stereocenters. The molecule has 12 aromatic rings. The van der Waals surface area contributed by atoms with Gasteiger partial charge < -0.3 is 69.0 Å². The van der Waals surface area contributed by atoms with Crippen molar-refractivity contribution in [1.29, 1.82) is 0 Å². The van der Waals surface area contributed by atoms with Gasteiger partial charge in [0, 0.05) is 194 Å². The van der Waals surface area contributed by atoms with E-state index in [0.717, 1.165) is 156 Å². The Morgan fingerprint density at radius 3 is 1.17 bits per heavy atom. The first-order valence-electron chi connectivity index (χ1n) is 40.4. The number of carbonyl (C=O) groups excluding carboxylic acids is 3. The Bertz CT molecular complexity index is 5470. The van der Waals surface area contributed by atoms with Crippen LogP contribution in [0, 0.1) is 5.82 Å². The maximum Gasteiger partial charge on any atom is 0.410 e. The standard InChI is InChI=1S/C35H41FN6O4.C29H30ClN5O2.C29H31N5O2/c1-35(2,3)46-34(43)42-15-13-41(14-16-42)27-9-7-26(8-10-27)38-33-37-24-25-5-4-6-29(32(25)39-33)30-23-28(11-12-31(30)36)45-22-19-40-17-20-44-21-18-40;1-29(2,3)37-28(36)35-16-14-34(15-17-35)24-12-10-23(11-13-24)32-27-31-19-21-7-5-9-25(26(21)33-27)20-6-4-8-22(30)18-20;1-29(2,3)36-28(35)34-18-16-33(17-19-34)24-14-12-23(13-15-24)31-27-30-20-22-10-7-11-25(26(22)32-27)21-8-5-4-6-9-21/h4-12,23-24H,13-22H2,1-3H3,(H,37,38,39);4-13,18-19H,14-17H2,1-3H3,(H,31,32,33);4-15,20H,16-19H2,1-3H3,(H,30,31,32). The smallest absolute Gasteiger partial charge is 0.410 e. The van der Waals surface area contributed by atoms with E-state index >= 15 is 4.39 Å². The first kappa shape index (κ1) is 83.1. The number of amides is 3. The topological polar surface area (TPSA) is 233 Å². The number of carbonyl (C=O) groups is 3. The molecule has 3 aromatic heterocycles. The molecule has 4 fully saturated rings. The van der Waals surface area contributed by atoms with Gasteiger partial charge >= 0.3 is 18.3 Å². The minimum absolute atomic E-state index is 0.243. The minimum Gasteiger partial charge on any atom is -0.492 e. The lowest BCUT2D eigenvalue weighted by Gasteiger charge is -2.36. The maximum atomic E-state index is 15.2. The van der Waals surface area contributed by atoms with E-state index in [4.69, 9.17) is 50.2 Å². The average Bonchev–Trinajstić information content (AvgIpc) is 0.758. The number of morpholine rings is 1. The number of aromatic nitrogens is 6. The van der Waals surface area contributed by atoms with E-state index in [0.29, 0.717) is 91.1 Å². The van der Waals surface area contributed by atoms with Gasteiger partial charge in [0.1, 0.15) is 35.0 Å². The van der Waals surface area contributed by atoms with E-state index in [1.54, 1.807) is 33.0 Å². The molecule has 3 N–H and O–H groups in total. The van der Waals surface area contributed by atoms with Crippen molar-refractivity contribution >= 4 is 115 Å². The number of nitrogens with zero attached hydrogens (tertiary/aromatic N) is 13. The van der Waals surface area contributed by atoms with Gasteiger partial charge in [-0.2, -0.15) is 0 Å². The molecule has 9 aromatic carbocycles. The van der Waals surface area contributed by atoms with Crippen molar-refractivity contribution in [2.24, 2.45) is 0 Å². The number of hydrogen-bond acceptors (Lipinski definition) is 21. The Balaban J connectivity index is 0.000000148. The second-order valence-electron chi connectivity index (χ2n) is 32.5. The summed E-state index contributed by atoms with van der Waals surface area (Å²) in [5.41, 5.74) is 12.2. The molecular weight excluding hydrogens is 1520 g/mol. The highest BCUT2D eigenvalue weighted by Crippen LogP contribution is 2.36. The third kappa shape index (κ3) is 22.4. The summed E-state index contributed by atoms with van der Waals surface area (Å²) in [5, 5.41) is 13.4. The van der Waals surface area contributed by atoms with Gasteiger partial charge in [-0.3, -0.25) is 4.90 Å².